The van der Waals surface area contributed by atoms with Crippen molar-refractivity contribution in [2.24, 2.45) is 0 Å². The topological polar surface area (TPSA) is 77.4 Å². The van der Waals surface area contributed by atoms with Crippen LogP contribution in [0, 0.1) is 0 Å². The molecule has 2 N–H and O–H groups in total. The summed E-state index contributed by atoms with van der Waals surface area (Å²) < 4.78 is 53.2. The fourth-order valence-electron chi connectivity index (χ4n) is 3.93. The van der Waals surface area contributed by atoms with E-state index in [1.807, 2.05) is 0 Å². The van der Waals surface area contributed by atoms with Crippen LogP contribution in [0.4, 0.5) is 19.0 Å². The van der Waals surface area contributed by atoms with E-state index in [0.29, 0.717) is 27.6 Å². The quantitative estimate of drug-likeness (QED) is 0.496. The van der Waals surface area contributed by atoms with Crippen LogP contribution in [-0.2, 0) is 6.54 Å². The molecule has 0 unspecified atom stereocenters. The molecule has 1 amide bonds. The summed E-state index contributed by atoms with van der Waals surface area (Å²) in [5.41, 5.74) is 1.25. The molecule has 0 spiro atoms. The fraction of sp³-hybridized carbons (Fsp3) is 0.304. The lowest BCUT2D eigenvalue weighted by molar-refractivity contribution is -0.173. The Kier molecular flexibility index (Phi) is 6.60. The van der Waals surface area contributed by atoms with Crippen molar-refractivity contribution in [2.45, 2.75) is 31.2 Å². The van der Waals surface area contributed by atoms with Crippen molar-refractivity contribution in [1.82, 2.24) is 15.1 Å². The summed E-state index contributed by atoms with van der Waals surface area (Å²) in [6.07, 6.45) is -3.74. The third kappa shape index (κ3) is 4.63. The Morgan fingerprint density at radius 3 is 2.62 bits per heavy atom. The number of aromatic nitrogens is 2. The lowest BCUT2D eigenvalue weighted by Gasteiger charge is -2.34. The molecule has 1 aromatic heterocycles. The molecule has 0 radical (unpaired) electrons. The van der Waals surface area contributed by atoms with Crippen molar-refractivity contribution in [1.29, 1.82) is 0 Å². The number of halogens is 4. The average Bonchev–Trinajstić information content (AvgIpc) is 3.25. The number of hydrogen-bond acceptors (Lipinski definition) is 5. The highest BCUT2D eigenvalue weighted by Crippen LogP contribution is 2.45. The molecule has 1 aliphatic rings. The average molecular weight is 495 g/mol. The standard InChI is InChI=1S/C23H22ClF3N4O3/c1-33-18-8-7-13(9-19(18)34-2)17-10-20(23(25,26)27)31-21(30-17)15(12-29-31)22(32)28-11-14-5-3-4-6-16(14)24/h3-9,12,17,20,30H,10-11H2,1-2H3,(H,28,32)/t17-,20+/m1/s1. The first-order chi connectivity index (χ1) is 16.2. The number of ether oxygens (including phenoxy) is 2. The summed E-state index contributed by atoms with van der Waals surface area (Å²) in [5, 5.41) is 10.1. The first-order valence-corrected chi connectivity index (χ1v) is 10.7. The van der Waals surface area contributed by atoms with E-state index < -0.39 is 24.2 Å². The molecule has 3 aromatic rings. The minimum Gasteiger partial charge on any atom is -0.493 e. The molecular formula is C23H22ClF3N4O3. The zero-order valence-corrected chi connectivity index (χ0v) is 19.1. The summed E-state index contributed by atoms with van der Waals surface area (Å²) in [7, 11) is 2.92. The highest BCUT2D eigenvalue weighted by molar-refractivity contribution is 6.31. The van der Waals surface area contributed by atoms with E-state index in [1.165, 1.54) is 14.2 Å². The summed E-state index contributed by atoms with van der Waals surface area (Å²) in [4.78, 5) is 12.9. The zero-order chi connectivity index (χ0) is 24.5. The van der Waals surface area contributed by atoms with Gasteiger partial charge in [-0.05, 0) is 29.3 Å². The Morgan fingerprint density at radius 1 is 1.21 bits per heavy atom. The van der Waals surface area contributed by atoms with Crippen molar-refractivity contribution in [3.8, 4) is 11.5 Å². The van der Waals surface area contributed by atoms with Gasteiger partial charge < -0.3 is 20.1 Å². The number of amides is 1. The van der Waals surface area contributed by atoms with Gasteiger partial charge in [-0.25, -0.2) is 4.68 Å². The number of benzene rings is 2. The Balaban J connectivity index is 1.64. The third-order valence-corrected chi connectivity index (χ3v) is 6.06. The molecule has 4 rings (SSSR count). The molecule has 0 saturated heterocycles. The highest BCUT2D eigenvalue weighted by Gasteiger charge is 2.47. The van der Waals surface area contributed by atoms with Gasteiger partial charge in [0.1, 0.15) is 11.4 Å². The predicted octanol–water partition coefficient (Wildman–Crippen LogP) is 5.14. The Labute approximate surface area is 198 Å². The van der Waals surface area contributed by atoms with Gasteiger partial charge in [0.15, 0.2) is 17.5 Å². The maximum absolute atomic E-state index is 13.9. The molecule has 0 fully saturated rings. The molecule has 180 valence electrons. The maximum atomic E-state index is 13.9. The van der Waals surface area contributed by atoms with Gasteiger partial charge in [-0.1, -0.05) is 35.9 Å². The monoisotopic (exact) mass is 494 g/mol. The van der Waals surface area contributed by atoms with Crippen molar-refractivity contribution in [2.75, 3.05) is 19.5 Å². The number of anilines is 1. The summed E-state index contributed by atoms with van der Waals surface area (Å²) in [5.74, 6) is 0.272. The van der Waals surface area contributed by atoms with E-state index >= 15 is 0 Å². The summed E-state index contributed by atoms with van der Waals surface area (Å²) >= 11 is 6.13. The van der Waals surface area contributed by atoms with Gasteiger partial charge in [0, 0.05) is 18.0 Å². The number of rotatable bonds is 6. The lowest BCUT2D eigenvalue weighted by atomic mass is 9.96. The second-order valence-corrected chi connectivity index (χ2v) is 8.14. The number of methoxy groups -OCH3 is 2. The highest BCUT2D eigenvalue weighted by atomic mass is 35.5. The van der Waals surface area contributed by atoms with E-state index in [1.54, 1.807) is 42.5 Å². The number of nitrogens with zero attached hydrogens (tertiary/aromatic N) is 2. The first kappa shape index (κ1) is 23.7. The van der Waals surface area contributed by atoms with Gasteiger partial charge in [-0.2, -0.15) is 18.3 Å². The van der Waals surface area contributed by atoms with Crippen LogP contribution in [0.2, 0.25) is 5.02 Å². The lowest BCUT2D eigenvalue weighted by Crippen LogP contribution is -2.36. The molecule has 34 heavy (non-hydrogen) atoms. The zero-order valence-electron chi connectivity index (χ0n) is 18.3. The van der Waals surface area contributed by atoms with Crippen molar-refractivity contribution in [3.63, 3.8) is 0 Å². The third-order valence-electron chi connectivity index (χ3n) is 5.69. The normalized spacial score (nSPS) is 17.5. The number of carbonyl (C=O) groups is 1. The first-order valence-electron chi connectivity index (χ1n) is 10.4. The molecule has 0 aliphatic carbocycles. The Bertz CT molecular complexity index is 1200. The molecule has 1 aliphatic heterocycles. The molecule has 0 bridgehead atoms. The van der Waals surface area contributed by atoms with Crippen LogP contribution in [0.5, 0.6) is 11.5 Å². The summed E-state index contributed by atoms with van der Waals surface area (Å²) in [6.45, 7) is 0.116. The van der Waals surface area contributed by atoms with Crippen LogP contribution < -0.4 is 20.1 Å². The van der Waals surface area contributed by atoms with Crippen molar-refractivity contribution in [3.05, 3.63) is 70.4 Å². The number of alkyl halides is 3. The van der Waals surface area contributed by atoms with Crippen LogP contribution in [0.25, 0.3) is 0 Å². The SMILES string of the molecule is COc1ccc([C@H]2C[C@@H](C(F)(F)F)n3ncc(C(=O)NCc4ccccc4Cl)c3N2)cc1OC. The maximum Gasteiger partial charge on any atom is 0.410 e. The van der Waals surface area contributed by atoms with E-state index in [-0.39, 0.29) is 24.3 Å². The van der Waals surface area contributed by atoms with Crippen LogP contribution in [0.3, 0.4) is 0 Å². The smallest absolute Gasteiger partial charge is 0.410 e. The number of fused-ring (bicyclic) bond motifs is 1. The molecule has 0 saturated carbocycles. The van der Waals surface area contributed by atoms with Crippen molar-refractivity contribution < 1.29 is 27.4 Å². The second-order valence-electron chi connectivity index (χ2n) is 7.73. The molecule has 2 heterocycles. The van der Waals surface area contributed by atoms with E-state index in [2.05, 4.69) is 15.7 Å². The van der Waals surface area contributed by atoms with Crippen LogP contribution >= 0.6 is 11.6 Å². The van der Waals surface area contributed by atoms with Gasteiger partial charge in [-0.3, -0.25) is 4.79 Å². The number of hydrogen-bond donors (Lipinski definition) is 2. The van der Waals surface area contributed by atoms with Gasteiger partial charge in [-0.15, -0.1) is 0 Å². The van der Waals surface area contributed by atoms with Gasteiger partial charge >= 0.3 is 6.18 Å². The summed E-state index contributed by atoms with van der Waals surface area (Å²) in [6, 6.07) is 9.23. The largest absolute Gasteiger partial charge is 0.493 e. The minimum atomic E-state index is -4.57. The molecule has 2 aromatic carbocycles. The minimum absolute atomic E-state index is 0.00600. The van der Waals surface area contributed by atoms with Crippen molar-refractivity contribution >= 4 is 23.3 Å². The molecular weight excluding hydrogens is 473 g/mol. The van der Waals surface area contributed by atoms with Crippen LogP contribution in [0.1, 0.15) is 40.0 Å². The van der Waals surface area contributed by atoms with Gasteiger partial charge in [0.25, 0.3) is 5.91 Å². The second kappa shape index (κ2) is 9.46. The Hall–Kier alpha value is -3.40. The molecule has 2 atom stereocenters. The van der Waals surface area contributed by atoms with E-state index in [9.17, 15) is 18.0 Å². The fourth-order valence-corrected chi connectivity index (χ4v) is 4.13. The van der Waals surface area contributed by atoms with Gasteiger partial charge in [0.2, 0.25) is 0 Å². The molecule has 7 nitrogen and oxygen atoms in total. The predicted molar refractivity (Wildman–Crippen MR) is 120 cm³/mol. The van der Waals surface area contributed by atoms with E-state index in [4.69, 9.17) is 21.1 Å². The number of carbonyl (C=O) groups excluding carboxylic acids is 1. The van der Waals surface area contributed by atoms with Crippen LogP contribution in [0.15, 0.2) is 48.7 Å². The van der Waals surface area contributed by atoms with E-state index in [0.717, 1.165) is 10.9 Å². The Morgan fingerprint density at radius 2 is 1.94 bits per heavy atom. The number of nitrogens with one attached hydrogen (secondary N) is 2. The van der Waals surface area contributed by atoms with Gasteiger partial charge in [0.05, 0.1) is 26.5 Å². The van der Waals surface area contributed by atoms with Crippen LogP contribution in [-0.4, -0.2) is 36.1 Å². The molecule has 11 heteroatoms.